The largest absolute Gasteiger partial charge is 0.493 e. The Bertz CT molecular complexity index is 958. The Kier molecular flexibility index (Phi) is 6.39. The summed E-state index contributed by atoms with van der Waals surface area (Å²) < 4.78 is 17.9. The van der Waals surface area contributed by atoms with Gasteiger partial charge in [0, 0.05) is 6.54 Å². The van der Waals surface area contributed by atoms with Gasteiger partial charge in [0.1, 0.15) is 0 Å². The van der Waals surface area contributed by atoms with E-state index in [1.165, 1.54) is 0 Å². The molecule has 1 aromatic heterocycles. The molecule has 29 heavy (non-hydrogen) atoms. The van der Waals surface area contributed by atoms with Crippen LogP contribution < -0.4 is 19.5 Å². The first-order valence-corrected chi connectivity index (χ1v) is 9.32. The number of benzene rings is 2. The van der Waals surface area contributed by atoms with Gasteiger partial charge in [0.05, 0.1) is 44.5 Å². The number of para-hydroxylation sites is 1. The van der Waals surface area contributed by atoms with Crippen LogP contribution in [0.2, 0.25) is 0 Å². The minimum absolute atomic E-state index is 0.183. The number of nitrogens with one attached hydrogen (secondary N) is 1. The number of hydrogen-bond donors (Lipinski definition) is 1. The molecule has 2 aromatic carbocycles. The first kappa shape index (κ1) is 20.3. The zero-order valence-corrected chi connectivity index (χ0v) is 17.1. The molecule has 0 aliphatic carbocycles. The number of amides is 1. The minimum Gasteiger partial charge on any atom is -0.493 e. The second kappa shape index (κ2) is 9.14. The second-order valence-electron chi connectivity index (χ2n) is 6.32. The minimum atomic E-state index is -0.183. The number of carbonyl (C=O) groups excluding carboxylic acids is 1. The summed E-state index contributed by atoms with van der Waals surface area (Å²) in [5, 5.41) is 7.36. The molecule has 0 bridgehead atoms. The van der Waals surface area contributed by atoms with Gasteiger partial charge in [-0.1, -0.05) is 25.1 Å². The van der Waals surface area contributed by atoms with Crippen LogP contribution in [0, 0.1) is 0 Å². The highest BCUT2D eigenvalue weighted by Crippen LogP contribution is 2.38. The number of rotatable bonds is 8. The van der Waals surface area contributed by atoms with Crippen LogP contribution in [-0.4, -0.2) is 37.0 Å². The average molecular weight is 395 g/mol. The van der Waals surface area contributed by atoms with E-state index in [9.17, 15) is 4.79 Å². The molecule has 7 heteroatoms. The van der Waals surface area contributed by atoms with E-state index in [1.807, 2.05) is 49.4 Å². The van der Waals surface area contributed by atoms with Crippen LogP contribution in [0.4, 0.5) is 0 Å². The standard InChI is InChI=1S/C22H25N3O4/c1-5-18-17(14-24-25(18)16-9-7-6-8-10-16)22(26)23-13-15-11-19(27-2)21(29-4)20(12-15)28-3/h6-12,14H,5,13H2,1-4H3,(H,23,26). The molecule has 1 N–H and O–H groups in total. The van der Waals surface area contributed by atoms with Gasteiger partial charge in [0.25, 0.3) is 5.91 Å². The summed E-state index contributed by atoms with van der Waals surface area (Å²) in [5.41, 5.74) is 3.18. The number of hydrogen-bond acceptors (Lipinski definition) is 5. The first-order valence-electron chi connectivity index (χ1n) is 9.32. The van der Waals surface area contributed by atoms with Crippen molar-refractivity contribution in [2.45, 2.75) is 19.9 Å². The maximum absolute atomic E-state index is 12.8. The van der Waals surface area contributed by atoms with Gasteiger partial charge in [0.2, 0.25) is 5.75 Å². The first-order chi connectivity index (χ1) is 14.1. The zero-order chi connectivity index (χ0) is 20.8. The molecule has 1 amide bonds. The number of ether oxygens (including phenoxy) is 3. The summed E-state index contributed by atoms with van der Waals surface area (Å²) >= 11 is 0. The Morgan fingerprint density at radius 1 is 1.03 bits per heavy atom. The third-order valence-electron chi connectivity index (χ3n) is 4.63. The van der Waals surface area contributed by atoms with E-state index < -0.39 is 0 Å². The average Bonchev–Trinajstić information content (AvgIpc) is 3.21. The summed E-state index contributed by atoms with van der Waals surface area (Å²) in [6.45, 7) is 2.32. The highest BCUT2D eigenvalue weighted by molar-refractivity contribution is 5.95. The highest BCUT2D eigenvalue weighted by atomic mass is 16.5. The van der Waals surface area contributed by atoms with Crippen molar-refractivity contribution in [1.29, 1.82) is 0 Å². The van der Waals surface area contributed by atoms with Crippen molar-refractivity contribution in [2.75, 3.05) is 21.3 Å². The van der Waals surface area contributed by atoms with Crippen molar-refractivity contribution in [2.24, 2.45) is 0 Å². The Labute approximate surface area is 170 Å². The Hall–Kier alpha value is -3.48. The van der Waals surface area contributed by atoms with Crippen molar-refractivity contribution < 1.29 is 19.0 Å². The predicted molar refractivity (Wildman–Crippen MR) is 110 cm³/mol. The SMILES string of the molecule is CCc1c(C(=O)NCc2cc(OC)c(OC)c(OC)c2)cnn1-c1ccccc1. The predicted octanol–water partition coefficient (Wildman–Crippen LogP) is 3.39. The van der Waals surface area contributed by atoms with Crippen molar-refractivity contribution in [3.8, 4) is 22.9 Å². The topological polar surface area (TPSA) is 74.6 Å². The normalized spacial score (nSPS) is 10.5. The van der Waals surface area contributed by atoms with Gasteiger partial charge in [-0.05, 0) is 36.2 Å². The Balaban J connectivity index is 1.81. The third-order valence-corrected chi connectivity index (χ3v) is 4.63. The van der Waals surface area contributed by atoms with Crippen molar-refractivity contribution in [3.63, 3.8) is 0 Å². The number of nitrogens with zero attached hydrogens (tertiary/aromatic N) is 2. The summed E-state index contributed by atoms with van der Waals surface area (Å²) in [4.78, 5) is 12.8. The van der Waals surface area contributed by atoms with Crippen LogP contribution in [0.3, 0.4) is 0 Å². The van der Waals surface area contributed by atoms with E-state index in [1.54, 1.807) is 32.2 Å². The smallest absolute Gasteiger partial charge is 0.255 e. The summed E-state index contributed by atoms with van der Waals surface area (Å²) in [5.74, 6) is 1.42. The molecule has 0 fully saturated rings. The molecule has 152 valence electrons. The monoisotopic (exact) mass is 395 g/mol. The van der Waals surface area contributed by atoms with Gasteiger partial charge < -0.3 is 19.5 Å². The van der Waals surface area contributed by atoms with Gasteiger partial charge in [-0.3, -0.25) is 4.79 Å². The van der Waals surface area contributed by atoms with Crippen LogP contribution in [0.5, 0.6) is 17.2 Å². The Morgan fingerprint density at radius 3 is 2.24 bits per heavy atom. The van der Waals surface area contributed by atoms with Crippen LogP contribution in [0.1, 0.15) is 28.5 Å². The fourth-order valence-electron chi connectivity index (χ4n) is 3.21. The number of methoxy groups -OCH3 is 3. The molecule has 3 rings (SSSR count). The third kappa shape index (κ3) is 4.18. The van der Waals surface area contributed by atoms with E-state index in [0.717, 1.165) is 16.9 Å². The second-order valence-corrected chi connectivity index (χ2v) is 6.32. The molecule has 1 heterocycles. The van der Waals surface area contributed by atoms with Gasteiger partial charge in [0.15, 0.2) is 11.5 Å². The van der Waals surface area contributed by atoms with Crippen LogP contribution in [0.15, 0.2) is 48.7 Å². The molecule has 3 aromatic rings. The highest BCUT2D eigenvalue weighted by Gasteiger charge is 2.18. The molecule has 0 saturated carbocycles. The van der Waals surface area contributed by atoms with E-state index in [2.05, 4.69) is 10.4 Å². The number of carbonyl (C=O) groups is 1. The Morgan fingerprint density at radius 2 is 1.69 bits per heavy atom. The van der Waals surface area contributed by atoms with E-state index in [0.29, 0.717) is 35.8 Å². The van der Waals surface area contributed by atoms with E-state index in [4.69, 9.17) is 14.2 Å². The molecule has 0 aliphatic heterocycles. The van der Waals surface area contributed by atoms with Crippen molar-refractivity contribution >= 4 is 5.91 Å². The molecule has 0 radical (unpaired) electrons. The molecule has 7 nitrogen and oxygen atoms in total. The molecular weight excluding hydrogens is 370 g/mol. The van der Waals surface area contributed by atoms with Crippen molar-refractivity contribution in [1.82, 2.24) is 15.1 Å². The van der Waals surface area contributed by atoms with E-state index in [-0.39, 0.29) is 5.91 Å². The van der Waals surface area contributed by atoms with Gasteiger partial charge >= 0.3 is 0 Å². The van der Waals surface area contributed by atoms with Gasteiger partial charge in [-0.25, -0.2) is 4.68 Å². The van der Waals surface area contributed by atoms with Crippen molar-refractivity contribution in [3.05, 3.63) is 65.5 Å². The fraction of sp³-hybridized carbons (Fsp3) is 0.273. The van der Waals surface area contributed by atoms with Crippen LogP contribution in [0.25, 0.3) is 5.69 Å². The lowest BCUT2D eigenvalue weighted by molar-refractivity contribution is 0.0950. The molecule has 0 atom stereocenters. The summed E-state index contributed by atoms with van der Waals surface area (Å²) in [6.07, 6.45) is 2.29. The summed E-state index contributed by atoms with van der Waals surface area (Å²) in [7, 11) is 4.68. The fourth-order valence-corrected chi connectivity index (χ4v) is 3.21. The van der Waals surface area contributed by atoms with Crippen LogP contribution >= 0.6 is 0 Å². The van der Waals surface area contributed by atoms with Gasteiger partial charge in [-0.15, -0.1) is 0 Å². The quantitative estimate of drug-likeness (QED) is 0.633. The zero-order valence-electron chi connectivity index (χ0n) is 17.1. The lowest BCUT2D eigenvalue weighted by Gasteiger charge is -2.14. The van der Waals surface area contributed by atoms with E-state index >= 15 is 0 Å². The summed E-state index contributed by atoms with van der Waals surface area (Å²) in [6, 6.07) is 13.4. The molecular formula is C22H25N3O4. The van der Waals surface area contributed by atoms with Crippen LogP contribution in [-0.2, 0) is 13.0 Å². The lowest BCUT2D eigenvalue weighted by Crippen LogP contribution is -2.24. The maximum Gasteiger partial charge on any atom is 0.255 e. The molecule has 0 spiro atoms. The maximum atomic E-state index is 12.8. The molecule has 0 aliphatic rings. The lowest BCUT2D eigenvalue weighted by atomic mass is 10.1. The number of aromatic nitrogens is 2. The molecule has 0 unspecified atom stereocenters. The van der Waals surface area contributed by atoms with Gasteiger partial charge in [-0.2, -0.15) is 5.10 Å². The molecule has 0 saturated heterocycles.